The summed E-state index contributed by atoms with van der Waals surface area (Å²) in [7, 11) is 0. The quantitative estimate of drug-likeness (QED) is 0.332. The van der Waals surface area contributed by atoms with Crippen LogP contribution in [0.5, 0.6) is 0 Å². The van der Waals surface area contributed by atoms with E-state index in [9.17, 15) is 9.59 Å². The van der Waals surface area contributed by atoms with Crippen LogP contribution in [0.3, 0.4) is 0 Å². The number of aromatic nitrogens is 3. The Morgan fingerprint density at radius 2 is 1.76 bits per heavy atom. The van der Waals surface area contributed by atoms with Crippen LogP contribution in [0.15, 0.2) is 77.8 Å². The minimum absolute atomic E-state index is 0.115. The third kappa shape index (κ3) is 5.22. The Hall–Kier alpha value is -3.82. The van der Waals surface area contributed by atoms with Crippen LogP contribution in [-0.4, -0.2) is 26.3 Å². The second kappa shape index (κ2) is 9.98. The second-order valence-electron chi connectivity index (χ2n) is 7.71. The van der Waals surface area contributed by atoms with E-state index in [-0.39, 0.29) is 18.2 Å². The van der Waals surface area contributed by atoms with E-state index in [4.69, 9.17) is 0 Å². The van der Waals surface area contributed by atoms with E-state index in [1.54, 1.807) is 11.4 Å². The summed E-state index contributed by atoms with van der Waals surface area (Å²) < 4.78 is 2.12. The van der Waals surface area contributed by atoms with E-state index < -0.39 is 0 Å². The van der Waals surface area contributed by atoms with Crippen LogP contribution in [0.1, 0.15) is 26.5 Å². The lowest BCUT2D eigenvalue weighted by molar-refractivity contribution is -0.120. The number of nitrogens with zero attached hydrogens (tertiary/aromatic N) is 3. The number of thiophene rings is 1. The van der Waals surface area contributed by atoms with Gasteiger partial charge in [0.1, 0.15) is 0 Å². The summed E-state index contributed by atoms with van der Waals surface area (Å²) >= 11 is 2.68. The lowest BCUT2D eigenvalue weighted by Gasteiger charge is -2.07. The van der Waals surface area contributed by atoms with Gasteiger partial charge in [0.05, 0.1) is 34.4 Å². The summed E-state index contributed by atoms with van der Waals surface area (Å²) in [5.74, 6) is -0.305. The van der Waals surface area contributed by atoms with Crippen molar-refractivity contribution in [1.82, 2.24) is 19.9 Å². The van der Waals surface area contributed by atoms with Crippen molar-refractivity contribution < 1.29 is 9.59 Å². The summed E-state index contributed by atoms with van der Waals surface area (Å²) in [6.07, 6.45) is 2.02. The summed E-state index contributed by atoms with van der Waals surface area (Å²) in [5.41, 5.74) is 4.91. The fraction of sp³-hybridized carbons (Fsp3) is 0.120. The van der Waals surface area contributed by atoms with Gasteiger partial charge in [0.25, 0.3) is 5.91 Å². The van der Waals surface area contributed by atoms with Crippen molar-refractivity contribution in [2.24, 2.45) is 0 Å². The highest BCUT2D eigenvalue weighted by Gasteiger charge is 2.12. The molecule has 34 heavy (non-hydrogen) atoms. The molecular weight excluding hydrogens is 466 g/mol. The van der Waals surface area contributed by atoms with Crippen molar-refractivity contribution in [3.05, 3.63) is 99.4 Å². The van der Waals surface area contributed by atoms with Crippen molar-refractivity contribution in [2.75, 3.05) is 5.32 Å². The molecule has 0 fully saturated rings. The molecule has 9 heteroatoms. The molecule has 0 unspecified atom stereocenters. The molecule has 2 amide bonds. The summed E-state index contributed by atoms with van der Waals surface area (Å²) in [6, 6.07) is 19.8. The number of amides is 2. The predicted octanol–water partition coefficient (Wildman–Crippen LogP) is 4.71. The van der Waals surface area contributed by atoms with Crippen LogP contribution in [0.25, 0.3) is 11.0 Å². The predicted molar refractivity (Wildman–Crippen MR) is 135 cm³/mol. The normalized spacial score (nSPS) is 10.9. The number of imidazole rings is 1. The maximum absolute atomic E-state index is 12.4. The van der Waals surface area contributed by atoms with Gasteiger partial charge in [-0.15, -0.1) is 22.7 Å². The highest BCUT2D eigenvalue weighted by Crippen LogP contribution is 2.19. The third-order valence-corrected chi connectivity index (χ3v) is 6.93. The number of hydrogen-bond acceptors (Lipinski definition) is 6. The first-order chi connectivity index (χ1) is 16.6. The second-order valence-corrected chi connectivity index (χ2v) is 9.51. The van der Waals surface area contributed by atoms with E-state index in [2.05, 4.69) is 43.4 Å². The first-order valence-corrected chi connectivity index (χ1v) is 12.4. The van der Waals surface area contributed by atoms with E-state index in [0.717, 1.165) is 28.7 Å². The molecule has 0 spiro atoms. The zero-order chi connectivity index (χ0) is 23.3. The van der Waals surface area contributed by atoms with Gasteiger partial charge >= 0.3 is 0 Å². The number of nitrogens with one attached hydrogen (secondary N) is 2. The van der Waals surface area contributed by atoms with Gasteiger partial charge in [0.15, 0.2) is 5.13 Å². The first kappa shape index (κ1) is 22.0. The lowest BCUT2D eigenvalue weighted by Crippen LogP contribution is -2.24. The zero-order valence-electron chi connectivity index (χ0n) is 18.1. The fourth-order valence-electron chi connectivity index (χ4n) is 3.54. The molecule has 2 N–H and O–H groups in total. The molecule has 3 aromatic heterocycles. The van der Waals surface area contributed by atoms with E-state index in [1.165, 1.54) is 22.7 Å². The summed E-state index contributed by atoms with van der Waals surface area (Å²) in [6.45, 7) is 1.18. The largest absolute Gasteiger partial charge is 0.352 e. The smallest absolute Gasteiger partial charge is 0.267 e. The van der Waals surface area contributed by atoms with Crippen molar-refractivity contribution in [2.45, 2.75) is 19.5 Å². The number of fused-ring (bicyclic) bond motifs is 1. The molecule has 7 nitrogen and oxygen atoms in total. The number of hydrogen-bond donors (Lipinski definition) is 2. The molecule has 0 aliphatic carbocycles. The molecule has 2 aromatic carbocycles. The zero-order valence-corrected chi connectivity index (χ0v) is 19.7. The number of rotatable bonds is 8. The Balaban J connectivity index is 1.11. The Morgan fingerprint density at radius 3 is 2.59 bits per heavy atom. The van der Waals surface area contributed by atoms with Gasteiger partial charge in [-0.2, -0.15) is 0 Å². The van der Waals surface area contributed by atoms with Gasteiger partial charge in [-0.3, -0.25) is 14.9 Å². The highest BCUT2D eigenvalue weighted by molar-refractivity contribution is 7.14. The molecule has 0 atom stereocenters. The van der Waals surface area contributed by atoms with Gasteiger partial charge in [-0.05, 0) is 34.7 Å². The molecular formula is C25H21N5O2S2. The number of benzene rings is 2. The molecule has 3 heterocycles. The average Bonchev–Trinajstić information content (AvgIpc) is 3.61. The Bertz CT molecular complexity index is 1420. The Labute approximate surface area is 204 Å². The van der Waals surface area contributed by atoms with Crippen molar-refractivity contribution >= 4 is 50.7 Å². The summed E-state index contributed by atoms with van der Waals surface area (Å²) in [4.78, 5) is 33.9. The first-order valence-electron chi connectivity index (χ1n) is 10.7. The van der Waals surface area contributed by atoms with Gasteiger partial charge in [0.2, 0.25) is 5.91 Å². The van der Waals surface area contributed by atoms with E-state index >= 15 is 0 Å². The Morgan fingerprint density at radius 1 is 0.941 bits per heavy atom. The molecule has 0 aliphatic heterocycles. The maximum Gasteiger partial charge on any atom is 0.267 e. The molecule has 0 aliphatic rings. The average molecular weight is 488 g/mol. The number of carbonyl (C=O) groups excluding carboxylic acids is 2. The standard InChI is InChI=1S/C25H21N5O2S2/c31-23(12-19-15-34-25(28-19)29-24(32)22-6-3-11-33-22)26-13-17-7-9-18(10-8-17)14-30-16-27-20-4-1-2-5-21(20)30/h1-11,15-16H,12-14H2,(H,26,31)(H,28,29,32). The number of para-hydroxylation sites is 2. The molecule has 0 bridgehead atoms. The fourth-order valence-corrected chi connectivity index (χ4v) is 4.86. The number of carbonyl (C=O) groups is 2. The topological polar surface area (TPSA) is 88.9 Å². The molecule has 170 valence electrons. The summed E-state index contributed by atoms with van der Waals surface area (Å²) in [5, 5.41) is 9.83. The minimum atomic E-state index is -0.190. The Kier molecular flexibility index (Phi) is 6.46. The van der Waals surface area contributed by atoms with Crippen LogP contribution in [-0.2, 0) is 24.3 Å². The number of anilines is 1. The van der Waals surface area contributed by atoms with Gasteiger partial charge < -0.3 is 9.88 Å². The van der Waals surface area contributed by atoms with E-state index in [0.29, 0.717) is 22.2 Å². The monoisotopic (exact) mass is 487 g/mol. The minimum Gasteiger partial charge on any atom is -0.352 e. The van der Waals surface area contributed by atoms with Crippen LogP contribution in [0, 0.1) is 0 Å². The lowest BCUT2D eigenvalue weighted by atomic mass is 10.1. The van der Waals surface area contributed by atoms with Crippen LogP contribution in [0.4, 0.5) is 5.13 Å². The van der Waals surface area contributed by atoms with Crippen LogP contribution >= 0.6 is 22.7 Å². The third-order valence-electron chi connectivity index (χ3n) is 5.25. The van der Waals surface area contributed by atoms with Gasteiger partial charge in [-0.25, -0.2) is 9.97 Å². The molecule has 5 rings (SSSR count). The van der Waals surface area contributed by atoms with E-state index in [1.807, 2.05) is 48.1 Å². The SMILES string of the molecule is O=C(Cc1csc(NC(=O)c2cccs2)n1)NCc1ccc(Cn2cnc3ccccc32)cc1. The molecule has 0 radical (unpaired) electrons. The maximum atomic E-state index is 12.4. The van der Waals surface area contributed by atoms with Crippen molar-refractivity contribution in [1.29, 1.82) is 0 Å². The van der Waals surface area contributed by atoms with Crippen LogP contribution in [0.2, 0.25) is 0 Å². The van der Waals surface area contributed by atoms with Gasteiger partial charge in [0, 0.05) is 18.5 Å². The number of thiazole rings is 1. The van der Waals surface area contributed by atoms with Gasteiger partial charge in [-0.1, -0.05) is 42.5 Å². The van der Waals surface area contributed by atoms with Crippen LogP contribution < -0.4 is 10.6 Å². The highest BCUT2D eigenvalue weighted by atomic mass is 32.1. The van der Waals surface area contributed by atoms with Crippen molar-refractivity contribution in [3.8, 4) is 0 Å². The molecule has 0 saturated carbocycles. The molecule has 0 saturated heterocycles. The van der Waals surface area contributed by atoms with Crippen molar-refractivity contribution in [3.63, 3.8) is 0 Å². The molecule has 5 aromatic rings.